The van der Waals surface area contributed by atoms with Gasteiger partial charge < -0.3 is 10.2 Å². The van der Waals surface area contributed by atoms with E-state index in [4.69, 9.17) is 0 Å². The Labute approximate surface area is 135 Å². The molecule has 2 N–H and O–H groups in total. The lowest BCUT2D eigenvalue weighted by Crippen LogP contribution is -2.46. The molecule has 2 fully saturated rings. The predicted octanol–water partition coefficient (Wildman–Crippen LogP) is 1.66. The van der Waals surface area contributed by atoms with Crippen LogP contribution in [0.15, 0.2) is 12.3 Å². The summed E-state index contributed by atoms with van der Waals surface area (Å²) in [6.07, 6.45) is 3.09. The second kappa shape index (κ2) is 7.96. The topological polar surface area (TPSA) is 61.0 Å². The number of carbonyl (C=O) groups excluding carboxylic acids is 1. The van der Waals surface area contributed by atoms with Crippen molar-refractivity contribution in [2.45, 2.75) is 37.4 Å². The highest BCUT2D eigenvalue weighted by Gasteiger charge is 2.34. The molecule has 120 valence electrons. The van der Waals surface area contributed by atoms with E-state index in [9.17, 15) is 9.18 Å². The first-order chi connectivity index (χ1) is 9.24. The van der Waals surface area contributed by atoms with E-state index in [0.29, 0.717) is 18.9 Å². The number of nitrogens with one attached hydrogen (secondary N) is 2. The molecule has 0 saturated carbocycles. The van der Waals surface area contributed by atoms with Crippen molar-refractivity contribution in [2.75, 3.05) is 19.6 Å². The summed E-state index contributed by atoms with van der Waals surface area (Å²) in [6.45, 7) is 1.80. The number of hydrogen-bond donors (Lipinski definition) is 2. The average molecular weight is 339 g/mol. The first-order valence-corrected chi connectivity index (χ1v) is 6.89. The minimum Gasteiger partial charge on any atom is -0.341 e. The molecule has 3 heterocycles. The van der Waals surface area contributed by atoms with Crippen LogP contribution < -0.4 is 5.32 Å². The van der Waals surface area contributed by atoms with Gasteiger partial charge in [-0.2, -0.15) is 5.10 Å². The molecule has 0 unspecified atom stereocenters. The second-order valence-electron chi connectivity index (χ2n) is 5.41. The second-order valence-corrected chi connectivity index (χ2v) is 5.41. The lowest BCUT2D eigenvalue weighted by molar-refractivity contribution is -0.134. The summed E-state index contributed by atoms with van der Waals surface area (Å²) in [5.41, 5.74) is 1.15. The van der Waals surface area contributed by atoms with Gasteiger partial charge >= 0.3 is 0 Å². The van der Waals surface area contributed by atoms with Crippen LogP contribution in [-0.2, 0) is 4.79 Å². The summed E-state index contributed by atoms with van der Waals surface area (Å²) in [5.74, 6) is 0.514. The van der Waals surface area contributed by atoms with Crippen molar-refractivity contribution in [3.63, 3.8) is 0 Å². The summed E-state index contributed by atoms with van der Waals surface area (Å²) in [5, 5.41) is 9.92. The Morgan fingerprint density at radius 3 is 2.57 bits per heavy atom. The third-order valence-electron chi connectivity index (χ3n) is 4.14. The first kappa shape index (κ1) is 18.2. The highest BCUT2D eigenvalue weighted by Crippen LogP contribution is 2.27. The molecule has 2 saturated heterocycles. The lowest BCUT2D eigenvalue weighted by Gasteiger charge is -2.33. The standard InChI is InChI=1S/C13H19FN4O.2ClH/c14-10-7-12(15-8-10)13(19)18-5-2-9(3-6-18)11-1-4-16-17-11;;/h1,4,9-10,12,15H,2-3,5-8H2,(H,16,17);2*1H/t10-,12+;;/m0../s1. The van der Waals surface area contributed by atoms with E-state index >= 15 is 0 Å². The van der Waals surface area contributed by atoms with E-state index < -0.39 is 6.17 Å². The number of alkyl halides is 1. The lowest BCUT2D eigenvalue weighted by atomic mass is 9.93. The maximum atomic E-state index is 13.1. The van der Waals surface area contributed by atoms with Crippen molar-refractivity contribution in [1.29, 1.82) is 0 Å². The van der Waals surface area contributed by atoms with Crippen LogP contribution in [0.5, 0.6) is 0 Å². The van der Waals surface area contributed by atoms with Gasteiger partial charge in [0.2, 0.25) is 5.91 Å². The maximum absolute atomic E-state index is 13.1. The van der Waals surface area contributed by atoms with Gasteiger partial charge in [0.05, 0.1) is 6.04 Å². The van der Waals surface area contributed by atoms with Gasteiger partial charge in [-0.1, -0.05) is 0 Å². The quantitative estimate of drug-likeness (QED) is 0.862. The fourth-order valence-electron chi connectivity index (χ4n) is 3.01. The van der Waals surface area contributed by atoms with Crippen molar-refractivity contribution in [2.24, 2.45) is 0 Å². The zero-order chi connectivity index (χ0) is 13.2. The summed E-state index contributed by atoms with van der Waals surface area (Å²) in [4.78, 5) is 14.1. The molecule has 1 aromatic rings. The number of nitrogens with zero attached hydrogens (tertiary/aromatic N) is 2. The van der Waals surface area contributed by atoms with E-state index in [1.165, 1.54) is 0 Å². The number of aromatic nitrogens is 2. The highest BCUT2D eigenvalue weighted by atomic mass is 35.5. The molecule has 8 heteroatoms. The van der Waals surface area contributed by atoms with Crippen LogP contribution in [-0.4, -0.2) is 52.9 Å². The van der Waals surface area contributed by atoms with Gasteiger partial charge in [0.25, 0.3) is 0 Å². The van der Waals surface area contributed by atoms with Gasteiger partial charge in [0.15, 0.2) is 0 Å². The molecule has 1 amide bonds. The van der Waals surface area contributed by atoms with Crippen molar-refractivity contribution in [1.82, 2.24) is 20.4 Å². The van der Waals surface area contributed by atoms with E-state index in [2.05, 4.69) is 15.5 Å². The Morgan fingerprint density at radius 2 is 2.05 bits per heavy atom. The molecule has 0 radical (unpaired) electrons. The predicted molar refractivity (Wildman–Crippen MR) is 82.9 cm³/mol. The molecule has 1 aromatic heterocycles. The molecule has 5 nitrogen and oxygen atoms in total. The fraction of sp³-hybridized carbons (Fsp3) is 0.692. The Kier molecular flexibility index (Phi) is 6.90. The molecule has 2 atom stereocenters. The van der Waals surface area contributed by atoms with Crippen LogP contribution in [0.3, 0.4) is 0 Å². The van der Waals surface area contributed by atoms with Gasteiger partial charge in [0, 0.05) is 43.9 Å². The number of hydrogen-bond acceptors (Lipinski definition) is 3. The monoisotopic (exact) mass is 338 g/mol. The first-order valence-electron chi connectivity index (χ1n) is 6.89. The number of likely N-dealkylation sites (tertiary alicyclic amines) is 1. The zero-order valence-corrected chi connectivity index (χ0v) is 13.3. The zero-order valence-electron chi connectivity index (χ0n) is 11.6. The molecule has 0 bridgehead atoms. The normalized spacial score (nSPS) is 26.0. The Bertz CT molecular complexity index is 437. The number of aromatic amines is 1. The van der Waals surface area contributed by atoms with E-state index in [1.54, 1.807) is 6.20 Å². The molecule has 0 aromatic carbocycles. The third-order valence-corrected chi connectivity index (χ3v) is 4.14. The number of rotatable bonds is 2. The molecule has 0 spiro atoms. The van der Waals surface area contributed by atoms with Crippen LogP contribution in [0.2, 0.25) is 0 Å². The summed E-state index contributed by atoms with van der Waals surface area (Å²) in [6, 6.07) is 1.67. The minimum atomic E-state index is -0.878. The molecule has 2 aliphatic rings. The number of halogens is 3. The Morgan fingerprint density at radius 1 is 1.33 bits per heavy atom. The van der Waals surface area contributed by atoms with Crippen LogP contribution >= 0.6 is 24.8 Å². The van der Waals surface area contributed by atoms with Crippen LogP contribution in [0.1, 0.15) is 30.9 Å². The third kappa shape index (κ3) is 4.08. The van der Waals surface area contributed by atoms with E-state index in [1.807, 2.05) is 11.0 Å². The number of amides is 1. The van der Waals surface area contributed by atoms with Gasteiger partial charge in [-0.15, -0.1) is 24.8 Å². The van der Waals surface area contributed by atoms with Gasteiger partial charge in [-0.3, -0.25) is 9.89 Å². The number of H-pyrrole nitrogens is 1. The Hall–Kier alpha value is -0.850. The average Bonchev–Trinajstić information content (AvgIpc) is 3.09. The minimum absolute atomic E-state index is 0. The summed E-state index contributed by atoms with van der Waals surface area (Å²) < 4.78 is 13.1. The van der Waals surface area contributed by atoms with Crippen LogP contribution in [0.25, 0.3) is 0 Å². The molecule has 21 heavy (non-hydrogen) atoms. The van der Waals surface area contributed by atoms with Crippen molar-refractivity contribution in [3.05, 3.63) is 18.0 Å². The maximum Gasteiger partial charge on any atom is 0.239 e. The van der Waals surface area contributed by atoms with Crippen LogP contribution in [0.4, 0.5) is 4.39 Å². The van der Waals surface area contributed by atoms with Crippen molar-refractivity contribution < 1.29 is 9.18 Å². The van der Waals surface area contributed by atoms with Crippen molar-refractivity contribution in [3.8, 4) is 0 Å². The molecular weight excluding hydrogens is 318 g/mol. The highest BCUT2D eigenvalue weighted by molar-refractivity contribution is 5.85. The molecule has 0 aliphatic carbocycles. The van der Waals surface area contributed by atoms with Gasteiger partial charge in [-0.25, -0.2) is 4.39 Å². The molecule has 2 aliphatic heterocycles. The summed E-state index contributed by atoms with van der Waals surface area (Å²) >= 11 is 0. The smallest absolute Gasteiger partial charge is 0.239 e. The fourth-order valence-corrected chi connectivity index (χ4v) is 3.01. The largest absolute Gasteiger partial charge is 0.341 e. The van der Waals surface area contributed by atoms with Crippen LogP contribution in [0, 0.1) is 0 Å². The number of carbonyl (C=O) groups is 1. The van der Waals surface area contributed by atoms with Gasteiger partial charge in [0.1, 0.15) is 6.17 Å². The Balaban J connectivity index is 0.00000110. The van der Waals surface area contributed by atoms with E-state index in [0.717, 1.165) is 31.6 Å². The van der Waals surface area contributed by atoms with Crippen molar-refractivity contribution >= 4 is 30.7 Å². The molecular formula is C13H21Cl2FN4O. The van der Waals surface area contributed by atoms with E-state index in [-0.39, 0.29) is 36.8 Å². The SMILES string of the molecule is Cl.Cl.O=C([C@H]1C[C@H](F)CN1)N1CCC(c2ccn[nH]2)CC1. The summed E-state index contributed by atoms with van der Waals surface area (Å²) in [7, 11) is 0. The molecule has 3 rings (SSSR count). The van der Waals surface area contributed by atoms with Gasteiger partial charge in [-0.05, 0) is 18.9 Å². The number of piperidine rings is 1.